The predicted molar refractivity (Wildman–Crippen MR) is 82.2 cm³/mol. The molecule has 116 valence electrons. The lowest BCUT2D eigenvalue weighted by Gasteiger charge is -2.13. The maximum atomic E-state index is 11.8. The molecule has 0 unspecified atom stereocenters. The van der Waals surface area contributed by atoms with Gasteiger partial charge in [-0.15, -0.1) is 5.10 Å². The van der Waals surface area contributed by atoms with Crippen LogP contribution in [-0.4, -0.2) is 43.3 Å². The molecule has 0 aromatic carbocycles. The molecule has 0 atom stereocenters. The van der Waals surface area contributed by atoms with Gasteiger partial charge in [-0.1, -0.05) is 0 Å². The van der Waals surface area contributed by atoms with Crippen LogP contribution in [0.1, 0.15) is 10.4 Å². The molecule has 22 heavy (non-hydrogen) atoms. The number of hydrogen-bond donors (Lipinski definition) is 2. The summed E-state index contributed by atoms with van der Waals surface area (Å²) in [5.74, 6) is 0.324. The van der Waals surface area contributed by atoms with Gasteiger partial charge in [0.25, 0.3) is 5.91 Å². The van der Waals surface area contributed by atoms with Crippen molar-refractivity contribution in [3.63, 3.8) is 0 Å². The van der Waals surface area contributed by atoms with E-state index in [0.717, 1.165) is 12.0 Å². The van der Waals surface area contributed by atoms with Gasteiger partial charge in [-0.05, 0) is 6.07 Å². The minimum atomic E-state index is -0.488. The summed E-state index contributed by atoms with van der Waals surface area (Å²) in [5.41, 5.74) is 0.743. The van der Waals surface area contributed by atoms with Gasteiger partial charge in [0.15, 0.2) is 5.82 Å². The molecule has 8 heteroatoms. The van der Waals surface area contributed by atoms with Gasteiger partial charge in [0.2, 0.25) is 0 Å². The summed E-state index contributed by atoms with van der Waals surface area (Å²) in [6.07, 6.45) is 2.80. The normalized spacial score (nSPS) is 10.1. The fourth-order valence-electron chi connectivity index (χ4n) is 1.64. The Hall–Kier alpha value is -2.90. The molecule has 0 fully saturated rings. The van der Waals surface area contributed by atoms with Crippen LogP contribution in [-0.2, 0) is 0 Å². The molecule has 1 amide bonds. The smallest absolute Gasteiger partial charge is 0.335 e. The summed E-state index contributed by atoms with van der Waals surface area (Å²) in [7, 11) is 3.83. The Kier molecular flexibility index (Phi) is 5.07. The highest BCUT2D eigenvalue weighted by Crippen LogP contribution is 2.12. The number of anilines is 2. The molecule has 0 aliphatic carbocycles. The predicted octanol–water partition coefficient (Wildman–Crippen LogP) is 0.338. The molecular formula is C14H17N5O3. The van der Waals surface area contributed by atoms with Crippen LogP contribution in [0.25, 0.3) is 0 Å². The summed E-state index contributed by atoms with van der Waals surface area (Å²) < 4.78 is 4.64. The van der Waals surface area contributed by atoms with E-state index in [4.69, 9.17) is 0 Å². The van der Waals surface area contributed by atoms with Crippen LogP contribution in [0.4, 0.5) is 11.5 Å². The number of nitrogens with one attached hydrogen (secondary N) is 2. The third-order valence-electron chi connectivity index (χ3n) is 2.84. The average molecular weight is 303 g/mol. The highest BCUT2D eigenvalue weighted by atomic mass is 16.4. The van der Waals surface area contributed by atoms with Gasteiger partial charge in [-0.2, -0.15) is 5.10 Å². The molecule has 0 saturated carbocycles. The highest BCUT2D eigenvalue weighted by Gasteiger charge is 2.05. The Labute approximate surface area is 127 Å². The maximum Gasteiger partial charge on any atom is 0.335 e. The standard InChI is InChI=1S/C14H17N5O3/c1-19(2)11-7-12(18-17-8-11)15-5-6-16-14(21)10-3-4-13(20)22-9-10/h3-4,7-9H,5-6H2,1-2H3,(H,15,18)(H,16,21). The number of hydrogen-bond acceptors (Lipinski definition) is 7. The Balaban J connectivity index is 1.79. The van der Waals surface area contributed by atoms with Crippen LogP contribution in [0.5, 0.6) is 0 Å². The van der Waals surface area contributed by atoms with Gasteiger partial charge in [-0.3, -0.25) is 4.79 Å². The largest absolute Gasteiger partial charge is 0.430 e. The van der Waals surface area contributed by atoms with Gasteiger partial charge >= 0.3 is 5.63 Å². The van der Waals surface area contributed by atoms with E-state index in [9.17, 15) is 9.59 Å². The van der Waals surface area contributed by atoms with Gasteiger partial charge in [0.1, 0.15) is 6.26 Å². The van der Waals surface area contributed by atoms with E-state index in [2.05, 4.69) is 25.2 Å². The van der Waals surface area contributed by atoms with Gasteiger partial charge in [0, 0.05) is 39.3 Å². The molecule has 0 saturated heterocycles. The Morgan fingerprint density at radius 1 is 1.32 bits per heavy atom. The van der Waals surface area contributed by atoms with E-state index in [0.29, 0.717) is 24.5 Å². The van der Waals surface area contributed by atoms with E-state index in [1.165, 1.54) is 12.1 Å². The van der Waals surface area contributed by atoms with E-state index in [-0.39, 0.29) is 5.91 Å². The summed E-state index contributed by atoms with van der Waals surface area (Å²) in [5, 5.41) is 13.6. The molecule has 2 aromatic heterocycles. The zero-order valence-electron chi connectivity index (χ0n) is 12.4. The fourth-order valence-corrected chi connectivity index (χ4v) is 1.64. The molecule has 8 nitrogen and oxygen atoms in total. The zero-order valence-corrected chi connectivity index (χ0v) is 12.4. The van der Waals surface area contributed by atoms with Crippen LogP contribution in [0.15, 0.2) is 39.9 Å². The number of nitrogens with zero attached hydrogens (tertiary/aromatic N) is 3. The van der Waals surface area contributed by atoms with Crippen molar-refractivity contribution in [1.82, 2.24) is 15.5 Å². The molecule has 0 bridgehead atoms. The molecule has 2 N–H and O–H groups in total. The number of carbonyl (C=O) groups excluding carboxylic acids is 1. The molecule has 0 spiro atoms. The van der Waals surface area contributed by atoms with E-state index in [1.807, 2.05) is 25.1 Å². The second-order valence-corrected chi connectivity index (χ2v) is 4.72. The first-order valence-corrected chi connectivity index (χ1v) is 6.67. The number of rotatable bonds is 6. The van der Waals surface area contributed by atoms with Crippen molar-refractivity contribution in [2.45, 2.75) is 0 Å². The lowest BCUT2D eigenvalue weighted by atomic mass is 10.3. The maximum absolute atomic E-state index is 11.8. The monoisotopic (exact) mass is 303 g/mol. The van der Waals surface area contributed by atoms with Gasteiger partial charge < -0.3 is 20.0 Å². The summed E-state index contributed by atoms with van der Waals surface area (Å²) in [4.78, 5) is 24.5. The van der Waals surface area contributed by atoms with Crippen LogP contribution in [0.2, 0.25) is 0 Å². The number of aromatic nitrogens is 2. The summed E-state index contributed by atoms with van der Waals surface area (Å²) >= 11 is 0. The molecular weight excluding hydrogens is 286 g/mol. The first-order chi connectivity index (χ1) is 10.6. The SMILES string of the molecule is CN(C)c1cnnc(NCCNC(=O)c2ccc(=O)oc2)c1. The lowest BCUT2D eigenvalue weighted by molar-refractivity contribution is 0.0952. The third kappa shape index (κ3) is 4.30. The van der Waals surface area contributed by atoms with Crippen LogP contribution >= 0.6 is 0 Å². The second kappa shape index (κ2) is 7.21. The van der Waals surface area contributed by atoms with E-state index >= 15 is 0 Å². The van der Waals surface area contributed by atoms with Crippen LogP contribution in [0.3, 0.4) is 0 Å². The molecule has 2 heterocycles. The minimum absolute atomic E-state index is 0.300. The zero-order chi connectivity index (χ0) is 15.9. The summed E-state index contributed by atoms with van der Waals surface area (Å²) in [6.45, 7) is 0.889. The quantitative estimate of drug-likeness (QED) is 0.742. The topological polar surface area (TPSA) is 100 Å². The Morgan fingerprint density at radius 2 is 2.14 bits per heavy atom. The minimum Gasteiger partial charge on any atom is -0.430 e. The number of amides is 1. The average Bonchev–Trinajstić information content (AvgIpc) is 2.52. The Bertz CT molecular complexity index is 678. The first-order valence-electron chi connectivity index (χ1n) is 6.67. The van der Waals surface area contributed by atoms with Crippen molar-refractivity contribution >= 4 is 17.4 Å². The van der Waals surface area contributed by atoms with Crippen LogP contribution < -0.4 is 21.2 Å². The van der Waals surface area contributed by atoms with Crippen molar-refractivity contribution in [3.8, 4) is 0 Å². The van der Waals surface area contributed by atoms with Crippen molar-refractivity contribution in [2.24, 2.45) is 0 Å². The molecule has 0 aliphatic rings. The second-order valence-electron chi connectivity index (χ2n) is 4.72. The summed E-state index contributed by atoms with van der Waals surface area (Å²) in [6, 6.07) is 4.48. The van der Waals surface area contributed by atoms with E-state index in [1.54, 1.807) is 6.20 Å². The highest BCUT2D eigenvalue weighted by molar-refractivity contribution is 5.93. The van der Waals surface area contributed by atoms with E-state index < -0.39 is 5.63 Å². The first kappa shape index (κ1) is 15.5. The third-order valence-corrected chi connectivity index (χ3v) is 2.84. The fraction of sp³-hybridized carbons (Fsp3) is 0.286. The molecule has 2 rings (SSSR count). The van der Waals surface area contributed by atoms with Crippen LogP contribution in [0, 0.1) is 0 Å². The van der Waals surface area contributed by atoms with Crippen molar-refractivity contribution in [2.75, 3.05) is 37.4 Å². The molecule has 0 radical (unpaired) electrons. The molecule has 0 aliphatic heterocycles. The molecule has 2 aromatic rings. The lowest BCUT2D eigenvalue weighted by Crippen LogP contribution is -2.29. The Morgan fingerprint density at radius 3 is 2.82 bits per heavy atom. The van der Waals surface area contributed by atoms with Crippen molar-refractivity contribution in [3.05, 3.63) is 46.6 Å². The van der Waals surface area contributed by atoms with Crippen molar-refractivity contribution < 1.29 is 9.21 Å². The van der Waals surface area contributed by atoms with Crippen molar-refractivity contribution in [1.29, 1.82) is 0 Å². The number of carbonyl (C=O) groups is 1. The van der Waals surface area contributed by atoms with Gasteiger partial charge in [0.05, 0.1) is 17.4 Å². The van der Waals surface area contributed by atoms with Gasteiger partial charge in [-0.25, -0.2) is 4.79 Å².